The van der Waals surface area contributed by atoms with Crippen LogP contribution >= 0.6 is 0 Å². The van der Waals surface area contributed by atoms with Gasteiger partial charge in [-0.2, -0.15) is 0 Å². The molecule has 1 aliphatic carbocycles. The van der Waals surface area contributed by atoms with Crippen LogP contribution < -0.4 is 16.0 Å². The maximum Gasteiger partial charge on any atom is 0.227 e. The minimum atomic E-state index is 0.163. The molecule has 4 heteroatoms. The van der Waals surface area contributed by atoms with Crippen LogP contribution in [0.2, 0.25) is 0 Å². The first-order valence-electron chi connectivity index (χ1n) is 7.19. The summed E-state index contributed by atoms with van der Waals surface area (Å²) in [6.45, 7) is 2.13. The van der Waals surface area contributed by atoms with Crippen LogP contribution in [0.25, 0.3) is 0 Å². The molecule has 3 rings (SSSR count). The first kappa shape index (κ1) is 12.5. The molecule has 1 atom stereocenters. The summed E-state index contributed by atoms with van der Waals surface area (Å²) >= 11 is 0. The second-order valence-electron chi connectivity index (χ2n) is 5.53. The number of nitrogens with one attached hydrogen (secondary N) is 3. The van der Waals surface area contributed by atoms with Crippen LogP contribution in [0.15, 0.2) is 24.3 Å². The SMILES string of the molecule is O=C(Nc1cccc(NC2CCCNC2)c1)C1CC1. The van der Waals surface area contributed by atoms with Crippen molar-refractivity contribution in [2.75, 3.05) is 23.7 Å². The van der Waals surface area contributed by atoms with E-state index in [1.165, 1.54) is 12.8 Å². The number of hydrogen-bond acceptors (Lipinski definition) is 3. The molecule has 1 aromatic carbocycles. The van der Waals surface area contributed by atoms with Gasteiger partial charge in [-0.25, -0.2) is 0 Å². The zero-order valence-electron chi connectivity index (χ0n) is 11.1. The van der Waals surface area contributed by atoms with Crippen molar-refractivity contribution in [1.82, 2.24) is 5.32 Å². The largest absolute Gasteiger partial charge is 0.381 e. The van der Waals surface area contributed by atoms with Crippen molar-refractivity contribution in [3.8, 4) is 0 Å². The van der Waals surface area contributed by atoms with Gasteiger partial charge in [0.05, 0.1) is 0 Å². The average molecular weight is 259 g/mol. The summed E-state index contributed by atoms with van der Waals surface area (Å²) < 4.78 is 0. The van der Waals surface area contributed by atoms with Crippen molar-refractivity contribution >= 4 is 17.3 Å². The van der Waals surface area contributed by atoms with Crippen LogP contribution in [0.4, 0.5) is 11.4 Å². The summed E-state index contributed by atoms with van der Waals surface area (Å²) in [5.41, 5.74) is 1.98. The Kier molecular flexibility index (Phi) is 3.69. The van der Waals surface area contributed by atoms with Crippen molar-refractivity contribution in [2.24, 2.45) is 5.92 Å². The minimum absolute atomic E-state index is 0.163. The van der Waals surface area contributed by atoms with Gasteiger partial charge in [0.1, 0.15) is 0 Å². The van der Waals surface area contributed by atoms with E-state index >= 15 is 0 Å². The monoisotopic (exact) mass is 259 g/mol. The van der Waals surface area contributed by atoms with Crippen molar-refractivity contribution < 1.29 is 4.79 Å². The van der Waals surface area contributed by atoms with Crippen molar-refractivity contribution in [3.05, 3.63) is 24.3 Å². The maximum atomic E-state index is 11.7. The number of rotatable bonds is 4. The highest BCUT2D eigenvalue weighted by molar-refractivity contribution is 5.94. The van der Waals surface area contributed by atoms with Crippen molar-refractivity contribution in [3.63, 3.8) is 0 Å². The summed E-state index contributed by atoms with van der Waals surface area (Å²) in [4.78, 5) is 11.7. The number of benzene rings is 1. The summed E-state index contributed by atoms with van der Waals surface area (Å²) in [6.07, 6.45) is 4.50. The van der Waals surface area contributed by atoms with Crippen LogP contribution in [0.1, 0.15) is 25.7 Å². The van der Waals surface area contributed by atoms with Gasteiger partial charge in [-0.3, -0.25) is 4.79 Å². The summed E-state index contributed by atoms with van der Waals surface area (Å²) in [7, 11) is 0. The van der Waals surface area contributed by atoms with Crippen LogP contribution in [-0.2, 0) is 4.79 Å². The Morgan fingerprint density at radius 1 is 1.21 bits per heavy atom. The van der Waals surface area contributed by atoms with Crippen molar-refractivity contribution in [2.45, 2.75) is 31.7 Å². The molecule has 2 fully saturated rings. The van der Waals surface area contributed by atoms with Crippen LogP contribution in [0.5, 0.6) is 0 Å². The molecule has 19 heavy (non-hydrogen) atoms. The standard InChI is InChI=1S/C15H21N3O/c19-15(11-6-7-11)18-13-4-1-3-12(9-13)17-14-5-2-8-16-10-14/h1,3-4,9,11,14,16-17H,2,5-8,10H2,(H,18,19). The van der Waals surface area contributed by atoms with E-state index in [2.05, 4.69) is 22.0 Å². The lowest BCUT2D eigenvalue weighted by Crippen LogP contribution is -2.38. The van der Waals surface area contributed by atoms with Crippen LogP contribution in [-0.4, -0.2) is 25.0 Å². The molecule has 4 nitrogen and oxygen atoms in total. The van der Waals surface area contributed by atoms with Gasteiger partial charge in [-0.05, 0) is 50.4 Å². The normalized spacial score (nSPS) is 22.8. The average Bonchev–Trinajstić information content (AvgIpc) is 3.24. The third kappa shape index (κ3) is 3.47. The van der Waals surface area contributed by atoms with Gasteiger partial charge in [0.15, 0.2) is 0 Å². The Labute approximate surface area is 114 Å². The summed E-state index contributed by atoms with van der Waals surface area (Å²) in [5.74, 6) is 0.413. The molecule has 1 amide bonds. The lowest BCUT2D eigenvalue weighted by Gasteiger charge is -2.25. The fourth-order valence-corrected chi connectivity index (χ4v) is 2.49. The Hall–Kier alpha value is -1.55. The molecule has 1 heterocycles. The van der Waals surface area contributed by atoms with E-state index in [-0.39, 0.29) is 11.8 Å². The number of carbonyl (C=O) groups excluding carboxylic acids is 1. The molecule has 0 spiro atoms. The van der Waals surface area contributed by atoms with E-state index in [9.17, 15) is 4.79 Å². The fraction of sp³-hybridized carbons (Fsp3) is 0.533. The Morgan fingerprint density at radius 2 is 2.05 bits per heavy atom. The molecule has 1 saturated carbocycles. The van der Waals surface area contributed by atoms with E-state index in [1.807, 2.05) is 18.2 Å². The highest BCUT2D eigenvalue weighted by Crippen LogP contribution is 2.30. The molecular weight excluding hydrogens is 238 g/mol. The third-order valence-electron chi connectivity index (χ3n) is 3.75. The highest BCUT2D eigenvalue weighted by atomic mass is 16.2. The first-order valence-corrected chi connectivity index (χ1v) is 7.19. The quantitative estimate of drug-likeness (QED) is 0.777. The smallest absolute Gasteiger partial charge is 0.227 e. The van der Waals surface area contributed by atoms with Crippen LogP contribution in [0.3, 0.4) is 0 Å². The topological polar surface area (TPSA) is 53.2 Å². The van der Waals surface area contributed by atoms with Gasteiger partial charge in [0.25, 0.3) is 0 Å². The van der Waals surface area contributed by atoms with E-state index in [0.717, 1.165) is 37.3 Å². The second kappa shape index (κ2) is 5.61. The van der Waals surface area contributed by atoms with Gasteiger partial charge in [0.2, 0.25) is 5.91 Å². The minimum Gasteiger partial charge on any atom is -0.381 e. The molecule has 0 aromatic heterocycles. The zero-order chi connectivity index (χ0) is 13.1. The molecule has 0 bridgehead atoms. The van der Waals surface area contributed by atoms with E-state index in [1.54, 1.807) is 0 Å². The van der Waals surface area contributed by atoms with Gasteiger partial charge in [0, 0.05) is 29.9 Å². The number of piperidine rings is 1. The lowest BCUT2D eigenvalue weighted by atomic mass is 10.1. The summed E-state index contributed by atoms with van der Waals surface area (Å²) in [6, 6.07) is 8.50. The molecule has 0 radical (unpaired) electrons. The van der Waals surface area contributed by atoms with Gasteiger partial charge in [-0.15, -0.1) is 0 Å². The molecule has 1 aromatic rings. The van der Waals surface area contributed by atoms with Gasteiger partial charge in [-0.1, -0.05) is 6.07 Å². The molecule has 1 aliphatic heterocycles. The molecular formula is C15H21N3O. The number of hydrogen-bond donors (Lipinski definition) is 3. The number of amides is 1. The number of carbonyl (C=O) groups is 1. The second-order valence-corrected chi connectivity index (χ2v) is 5.53. The molecule has 1 unspecified atom stereocenters. The predicted octanol–water partition coefficient (Wildman–Crippen LogP) is 2.20. The molecule has 2 aliphatic rings. The van der Waals surface area contributed by atoms with E-state index in [0.29, 0.717) is 6.04 Å². The molecule has 1 saturated heterocycles. The Balaban J connectivity index is 1.60. The van der Waals surface area contributed by atoms with Crippen LogP contribution in [0, 0.1) is 5.92 Å². The number of anilines is 2. The van der Waals surface area contributed by atoms with E-state index < -0.39 is 0 Å². The Bertz CT molecular complexity index is 450. The Morgan fingerprint density at radius 3 is 2.79 bits per heavy atom. The molecule has 102 valence electrons. The van der Waals surface area contributed by atoms with E-state index in [4.69, 9.17) is 0 Å². The fourth-order valence-electron chi connectivity index (χ4n) is 2.49. The lowest BCUT2D eigenvalue weighted by molar-refractivity contribution is -0.117. The van der Waals surface area contributed by atoms with Gasteiger partial charge >= 0.3 is 0 Å². The predicted molar refractivity (Wildman–Crippen MR) is 77.3 cm³/mol. The first-order chi connectivity index (χ1) is 9.31. The highest BCUT2D eigenvalue weighted by Gasteiger charge is 2.29. The summed E-state index contributed by atoms with van der Waals surface area (Å²) in [5, 5.41) is 9.91. The molecule has 3 N–H and O–H groups in total. The van der Waals surface area contributed by atoms with Gasteiger partial charge < -0.3 is 16.0 Å². The zero-order valence-corrected chi connectivity index (χ0v) is 11.1. The third-order valence-corrected chi connectivity index (χ3v) is 3.75. The maximum absolute atomic E-state index is 11.7. The van der Waals surface area contributed by atoms with Crippen molar-refractivity contribution in [1.29, 1.82) is 0 Å².